The highest BCUT2D eigenvalue weighted by Crippen LogP contribution is 2.28. The highest BCUT2D eigenvalue weighted by Gasteiger charge is 2.12. The van der Waals surface area contributed by atoms with Gasteiger partial charge in [-0.25, -0.2) is 4.98 Å². The molecule has 4 rings (SSSR count). The Balaban J connectivity index is 1.46. The molecule has 0 aliphatic carbocycles. The summed E-state index contributed by atoms with van der Waals surface area (Å²) in [7, 11) is 1.96. The van der Waals surface area contributed by atoms with Gasteiger partial charge in [-0.2, -0.15) is 9.61 Å². The number of halogens is 1. The lowest BCUT2D eigenvalue weighted by molar-refractivity contribution is -0.116. The quantitative estimate of drug-likeness (QED) is 0.272. The second-order valence-corrected chi connectivity index (χ2v) is 7.04. The van der Waals surface area contributed by atoms with Gasteiger partial charge in [0.05, 0.1) is 12.0 Å². The highest BCUT2D eigenvalue weighted by molar-refractivity contribution is 6.36. The van der Waals surface area contributed by atoms with Crippen LogP contribution in [0.25, 0.3) is 23.0 Å². The third kappa shape index (κ3) is 4.39. The minimum absolute atomic E-state index is 0.195. The molecule has 0 aliphatic rings. The Hall–Kier alpha value is -3.52. The van der Waals surface area contributed by atoms with Crippen LogP contribution in [-0.4, -0.2) is 41.4 Å². The zero-order valence-corrected chi connectivity index (χ0v) is 17.1. The predicted molar refractivity (Wildman–Crippen MR) is 121 cm³/mol. The van der Waals surface area contributed by atoms with Crippen molar-refractivity contribution in [3.05, 3.63) is 71.8 Å². The van der Waals surface area contributed by atoms with E-state index in [1.165, 1.54) is 6.08 Å². The number of hydrogen-bond acceptors (Lipinski definition) is 5. The van der Waals surface area contributed by atoms with Gasteiger partial charge >= 0.3 is 0 Å². The van der Waals surface area contributed by atoms with E-state index in [1.807, 2.05) is 38.2 Å². The van der Waals surface area contributed by atoms with Gasteiger partial charge in [0.25, 0.3) is 0 Å². The number of fused-ring (bicyclic) bond motifs is 1. The van der Waals surface area contributed by atoms with Crippen LogP contribution < -0.4 is 16.1 Å². The van der Waals surface area contributed by atoms with E-state index in [9.17, 15) is 4.79 Å². The minimum Gasteiger partial charge on any atom is -0.465 e. The van der Waals surface area contributed by atoms with Crippen molar-refractivity contribution in [2.75, 3.05) is 18.4 Å². The number of carbonyl (C=O) groups excluding carboxylic acids is 1. The number of amides is 1. The molecule has 4 aromatic rings. The molecule has 3 aromatic heterocycles. The topological polar surface area (TPSA) is 84.5 Å². The van der Waals surface area contributed by atoms with Crippen molar-refractivity contribution in [2.24, 2.45) is 0 Å². The van der Waals surface area contributed by atoms with E-state index in [4.69, 9.17) is 21.0 Å². The average Bonchev–Trinajstić information content (AvgIpc) is 3.40. The van der Waals surface area contributed by atoms with E-state index in [1.54, 1.807) is 35.2 Å². The molecule has 3 heterocycles. The molecule has 0 atom stereocenters. The largest absolute Gasteiger partial charge is 0.465 e. The fourth-order valence-electron chi connectivity index (χ4n) is 2.98. The first kappa shape index (κ1) is 19.8. The van der Waals surface area contributed by atoms with Gasteiger partial charge in [0, 0.05) is 42.0 Å². The molecule has 0 aliphatic heterocycles. The third-order valence-electron chi connectivity index (χ3n) is 4.47. The fourth-order valence-corrected chi connectivity index (χ4v) is 3.22. The maximum Gasteiger partial charge on any atom is 0.244 e. The van der Waals surface area contributed by atoms with E-state index < -0.39 is 0 Å². The molecular weight excluding hydrogens is 401 g/mol. The summed E-state index contributed by atoms with van der Waals surface area (Å²) in [4.78, 5) is 16.7. The molecule has 1 amide bonds. The van der Waals surface area contributed by atoms with Gasteiger partial charge in [0.1, 0.15) is 19.4 Å². The van der Waals surface area contributed by atoms with Gasteiger partial charge < -0.3 is 15.1 Å². The van der Waals surface area contributed by atoms with Crippen LogP contribution in [0.15, 0.2) is 65.4 Å². The summed E-state index contributed by atoms with van der Waals surface area (Å²) >= 11 is 6.36. The molecule has 1 aromatic carbocycles. The molecule has 30 heavy (non-hydrogen) atoms. The average molecular weight is 420 g/mol. The van der Waals surface area contributed by atoms with Crippen LogP contribution in [0.1, 0.15) is 5.76 Å². The molecule has 0 saturated heterocycles. The van der Waals surface area contributed by atoms with Crippen LogP contribution in [0.2, 0.25) is 5.02 Å². The van der Waals surface area contributed by atoms with Crippen LogP contribution in [0.4, 0.5) is 5.82 Å². The number of benzene rings is 1. The lowest BCUT2D eigenvalue weighted by Crippen LogP contribution is -2.27. The van der Waals surface area contributed by atoms with Crippen LogP contribution in [0.3, 0.4) is 0 Å². The molecule has 0 radical (unpaired) electrons. The van der Waals surface area contributed by atoms with E-state index >= 15 is 0 Å². The SMILES string of the molecule is Bc1cnn2c(NCCNC(=O)/C=C/c3ccco3)cc(-c3ccccc3Cl)nc12. The first-order chi connectivity index (χ1) is 14.6. The van der Waals surface area contributed by atoms with Crippen molar-refractivity contribution in [3.63, 3.8) is 0 Å². The molecule has 9 heteroatoms. The van der Waals surface area contributed by atoms with Crippen LogP contribution >= 0.6 is 11.6 Å². The van der Waals surface area contributed by atoms with Gasteiger partial charge in [-0.05, 0) is 29.7 Å². The summed E-state index contributed by atoms with van der Waals surface area (Å²) < 4.78 is 6.91. The Morgan fingerprint density at radius 3 is 2.90 bits per heavy atom. The van der Waals surface area contributed by atoms with E-state index in [0.29, 0.717) is 23.9 Å². The third-order valence-corrected chi connectivity index (χ3v) is 4.80. The summed E-state index contributed by atoms with van der Waals surface area (Å²) in [6.45, 7) is 0.952. The maximum absolute atomic E-state index is 11.9. The molecule has 0 unspecified atom stereocenters. The van der Waals surface area contributed by atoms with Crippen molar-refractivity contribution in [1.29, 1.82) is 0 Å². The summed E-state index contributed by atoms with van der Waals surface area (Å²) in [6.07, 6.45) is 6.39. The van der Waals surface area contributed by atoms with Gasteiger partial charge in [0.2, 0.25) is 5.91 Å². The lowest BCUT2D eigenvalue weighted by Gasteiger charge is -2.12. The van der Waals surface area contributed by atoms with Crippen molar-refractivity contribution in [1.82, 2.24) is 19.9 Å². The Kier molecular flexibility index (Phi) is 5.86. The van der Waals surface area contributed by atoms with E-state index in [-0.39, 0.29) is 5.91 Å². The van der Waals surface area contributed by atoms with Crippen molar-refractivity contribution in [3.8, 4) is 11.3 Å². The molecule has 0 saturated carbocycles. The number of nitrogens with one attached hydrogen (secondary N) is 2. The first-order valence-electron chi connectivity index (χ1n) is 9.45. The standard InChI is InChI=1S/C21H19BClN5O2/c22-16-13-26-28-19(12-18(27-21(16)28)15-5-1-2-6-17(15)23)24-9-10-25-20(29)8-7-14-4-3-11-30-14/h1-8,11-13,24H,9-10,22H2,(H,25,29)/b8-7+. The maximum atomic E-state index is 11.9. The van der Waals surface area contributed by atoms with Gasteiger partial charge in [0.15, 0.2) is 5.65 Å². The number of hydrogen-bond donors (Lipinski definition) is 2. The smallest absolute Gasteiger partial charge is 0.244 e. The lowest BCUT2D eigenvalue weighted by atomic mass is 10.0. The second kappa shape index (κ2) is 8.88. The number of anilines is 1. The number of furan rings is 1. The predicted octanol–water partition coefficient (Wildman–Crippen LogP) is 2.14. The summed E-state index contributed by atoms with van der Waals surface area (Å²) in [5.41, 5.74) is 3.31. The second-order valence-electron chi connectivity index (χ2n) is 6.64. The minimum atomic E-state index is -0.195. The number of rotatable bonds is 7. The zero-order chi connectivity index (χ0) is 20.9. The van der Waals surface area contributed by atoms with Crippen LogP contribution in [-0.2, 0) is 4.79 Å². The van der Waals surface area contributed by atoms with Crippen LogP contribution in [0, 0.1) is 0 Å². The van der Waals surface area contributed by atoms with Gasteiger partial charge in [-0.15, -0.1) is 0 Å². The summed E-state index contributed by atoms with van der Waals surface area (Å²) in [5.74, 6) is 1.20. The Morgan fingerprint density at radius 1 is 1.23 bits per heavy atom. The van der Waals surface area contributed by atoms with Crippen molar-refractivity contribution < 1.29 is 9.21 Å². The molecule has 0 fully saturated rings. The molecule has 2 N–H and O–H groups in total. The van der Waals surface area contributed by atoms with Gasteiger partial charge in [-0.1, -0.05) is 29.8 Å². The summed E-state index contributed by atoms with van der Waals surface area (Å²) in [6, 6.07) is 13.0. The Labute approximate surface area is 179 Å². The summed E-state index contributed by atoms with van der Waals surface area (Å²) in [5, 5.41) is 11.2. The van der Waals surface area contributed by atoms with Crippen LogP contribution in [0.5, 0.6) is 0 Å². The molecule has 0 bridgehead atoms. The van der Waals surface area contributed by atoms with Gasteiger partial charge in [-0.3, -0.25) is 4.79 Å². The Morgan fingerprint density at radius 2 is 2.10 bits per heavy atom. The molecule has 150 valence electrons. The Bertz CT molecular complexity index is 1200. The molecular formula is C21H19BClN5O2. The number of carbonyl (C=O) groups is 1. The first-order valence-corrected chi connectivity index (χ1v) is 9.83. The number of aromatic nitrogens is 3. The normalized spacial score (nSPS) is 11.2. The van der Waals surface area contributed by atoms with Crippen molar-refractivity contribution >= 4 is 48.4 Å². The fraction of sp³-hybridized carbons (Fsp3) is 0.0952. The van der Waals surface area contributed by atoms with E-state index in [2.05, 4.69) is 15.7 Å². The molecule has 7 nitrogen and oxygen atoms in total. The highest BCUT2D eigenvalue weighted by atomic mass is 35.5. The number of nitrogens with zero attached hydrogens (tertiary/aromatic N) is 3. The van der Waals surface area contributed by atoms with E-state index in [0.717, 1.165) is 28.2 Å². The molecule has 0 spiro atoms. The van der Waals surface area contributed by atoms with Crippen molar-refractivity contribution in [2.45, 2.75) is 0 Å². The zero-order valence-electron chi connectivity index (χ0n) is 16.3. The monoisotopic (exact) mass is 419 g/mol.